The summed E-state index contributed by atoms with van der Waals surface area (Å²) in [6, 6.07) is 7.86. The van der Waals surface area contributed by atoms with Crippen molar-refractivity contribution < 1.29 is 9.53 Å². The maximum Gasteiger partial charge on any atom is 0.226 e. The van der Waals surface area contributed by atoms with Crippen LogP contribution in [0.2, 0.25) is 0 Å². The summed E-state index contributed by atoms with van der Waals surface area (Å²) in [6.07, 6.45) is 1.36. The Balaban J connectivity index is 2.16. The van der Waals surface area contributed by atoms with Crippen molar-refractivity contribution in [3.63, 3.8) is 0 Å². The lowest BCUT2D eigenvalue weighted by Crippen LogP contribution is -2.10. The number of carbonyl (C=O) groups excluding carboxylic acids is 1. The Bertz CT molecular complexity index is 605. The molecule has 0 aliphatic rings. The van der Waals surface area contributed by atoms with Gasteiger partial charge in [-0.2, -0.15) is 0 Å². The average molecular weight is 304 g/mol. The van der Waals surface area contributed by atoms with E-state index in [1.54, 1.807) is 0 Å². The summed E-state index contributed by atoms with van der Waals surface area (Å²) >= 11 is 1.50. The normalized spacial score (nSPS) is 10.4. The molecule has 0 aliphatic carbocycles. The summed E-state index contributed by atoms with van der Waals surface area (Å²) in [5.41, 5.74) is 1.94. The first-order valence-corrected chi connectivity index (χ1v) is 7.96. The Kier molecular flexibility index (Phi) is 5.33. The first-order chi connectivity index (χ1) is 10.1. The Morgan fingerprint density at radius 3 is 2.62 bits per heavy atom. The summed E-state index contributed by atoms with van der Waals surface area (Å²) in [5.74, 6) is 0.870. The minimum absolute atomic E-state index is 0.0180. The summed E-state index contributed by atoms with van der Waals surface area (Å²) in [5, 5.41) is 3.51. The maximum atomic E-state index is 11.6. The van der Waals surface area contributed by atoms with Gasteiger partial charge in [-0.3, -0.25) is 4.79 Å². The molecular weight excluding hydrogens is 284 g/mol. The van der Waals surface area contributed by atoms with E-state index in [0.29, 0.717) is 18.2 Å². The molecule has 0 atom stereocenters. The summed E-state index contributed by atoms with van der Waals surface area (Å²) in [6.45, 7) is 6.61. The Labute approximate surface area is 129 Å². The predicted octanol–water partition coefficient (Wildman–Crippen LogP) is 4.26. The number of hydrogen-bond acceptors (Lipinski definition) is 4. The molecule has 1 aromatic heterocycles. The summed E-state index contributed by atoms with van der Waals surface area (Å²) in [7, 11) is 0. The topological polar surface area (TPSA) is 51.2 Å². The Morgan fingerprint density at radius 2 is 2.00 bits per heavy atom. The fourth-order valence-corrected chi connectivity index (χ4v) is 2.85. The summed E-state index contributed by atoms with van der Waals surface area (Å²) in [4.78, 5) is 17.2. The van der Waals surface area contributed by atoms with Crippen molar-refractivity contribution in [1.29, 1.82) is 0 Å². The van der Waals surface area contributed by atoms with Gasteiger partial charge < -0.3 is 10.1 Å². The second-order valence-corrected chi connectivity index (χ2v) is 5.88. The SMILES string of the molecule is CCCC(=O)Nc1nc(-c2ccc(OCC)cc2)c(C)s1. The highest BCUT2D eigenvalue weighted by atomic mass is 32.1. The number of amides is 1. The third-order valence-corrected chi connectivity index (χ3v) is 3.84. The van der Waals surface area contributed by atoms with Crippen LogP contribution < -0.4 is 10.1 Å². The van der Waals surface area contributed by atoms with Crippen LogP contribution >= 0.6 is 11.3 Å². The lowest BCUT2D eigenvalue weighted by Gasteiger charge is -2.04. The molecule has 5 heteroatoms. The highest BCUT2D eigenvalue weighted by molar-refractivity contribution is 7.16. The van der Waals surface area contributed by atoms with Gasteiger partial charge in [0, 0.05) is 16.9 Å². The first-order valence-electron chi connectivity index (χ1n) is 7.14. The van der Waals surface area contributed by atoms with Crippen molar-refractivity contribution >= 4 is 22.4 Å². The van der Waals surface area contributed by atoms with Gasteiger partial charge in [0.05, 0.1) is 12.3 Å². The van der Waals surface area contributed by atoms with Gasteiger partial charge in [-0.1, -0.05) is 6.92 Å². The van der Waals surface area contributed by atoms with Gasteiger partial charge in [-0.25, -0.2) is 4.98 Å². The van der Waals surface area contributed by atoms with Crippen LogP contribution in [0.25, 0.3) is 11.3 Å². The Hall–Kier alpha value is -1.88. The molecule has 112 valence electrons. The van der Waals surface area contributed by atoms with Crippen LogP contribution in [0.1, 0.15) is 31.6 Å². The number of aromatic nitrogens is 1. The molecule has 0 unspecified atom stereocenters. The van der Waals surface area contributed by atoms with Gasteiger partial charge in [-0.05, 0) is 44.5 Å². The van der Waals surface area contributed by atoms with Crippen molar-refractivity contribution in [1.82, 2.24) is 4.98 Å². The number of rotatable bonds is 6. The molecule has 0 aliphatic heterocycles. The van der Waals surface area contributed by atoms with E-state index in [1.807, 2.05) is 45.0 Å². The number of carbonyl (C=O) groups is 1. The highest BCUT2D eigenvalue weighted by Gasteiger charge is 2.11. The molecule has 0 radical (unpaired) electrons. The number of anilines is 1. The van der Waals surface area contributed by atoms with Crippen molar-refractivity contribution in [2.75, 3.05) is 11.9 Å². The van der Waals surface area contributed by atoms with Crippen molar-refractivity contribution in [3.8, 4) is 17.0 Å². The third-order valence-electron chi connectivity index (χ3n) is 2.96. The van der Waals surface area contributed by atoms with E-state index < -0.39 is 0 Å². The maximum absolute atomic E-state index is 11.6. The highest BCUT2D eigenvalue weighted by Crippen LogP contribution is 2.31. The van der Waals surface area contributed by atoms with Gasteiger partial charge in [0.2, 0.25) is 5.91 Å². The van der Waals surface area contributed by atoms with Gasteiger partial charge in [0.25, 0.3) is 0 Å². The number of hydrogen-bond donors (Lipinski definition) is 1. The van der Waals surface area contributed by atoms with E-state index in [1.165, 1.54) is 11.3 Å². The van der Waals surface area contributed by atoms with Crippen LogP contribution in [0, 0.1) is 6.92 Å². The zero-order valence-electron chi connectivity index (χ0n) is 12.6. The largest absolute Gasteiger partial charge is 0.494 e. The lowest BCUT2D eigenvalue weighted by atomic mass is 10.1. The molecule has 0 saturated heterocycles. The van der Waals surface area contributed by atoms with Crippen LogP contribution in [-0.2, 0) is 4.79 Å². The molecule has 2 aromatic rings. The second-order valence-electron chi connectivity index (χ2n) is 4.68. The molecule has 0 bridgehead atoms. The smallest absolute Gasteiger partial charge is 0.226 e. The quantitative estimate of drug-likeness (QED) is 0.867. The minimum atomic E-state index is 0.0180. The van der Waals surface area contributed by atoms with Crippen LogP contribution in [-0.4, -0.2) is 17.5 Å². The van der Waals surface area contributed by atoms with Gasteiger partial charge in [-0.15, -0.1) is 11.3 Å². The number of nitrogens with zero attached hydrogens (tertiary/aromatic N) is 1. The van der Waals surface area contributed by atoms with E-state index in [-0.39, 0.29) is 5.91 Å². The standard InChI is InChI=1S/C16H20N2O2S/c1-4-6-14(19)17-16-18-15(11(3)21-16)12-7-9-13(10-8-12)20-5-2/h7-10H,4-6H2,1-3H3,(H,17,18,19). The van der Waals surface area contributed by atoms with E-state index in [9.17, 15) is 4.79 Å². The zero-order valence-corrected chi connectivity index (χ0v) is 13.4. The fraction of sp³-hybridized carbons (Fsp3) is 0.375. The van der Waals surface area contributed by atoms with Crippen LogP contribution in [0.5, 0.6) is 5.75 Å². The summed E-state index contributed by atoms with van der Waals surface area (Å²) < 4.78 is 5.44. The van der Waals surface area contributed by atoms with Crippen molar-refractivity contribution in [2.45, 2.75) is 33.6 Å². The number of nitrogens with one attached hydrogen (secondary N) is 1. The second kappa shape index (κ2) is 7.22. The van der Waals surface area contributed by atoms with E-state index in [0.717, 1.165) is 28.3 Å². The monoisotopic (exact) mass is 304 g/mol. The van der Waals surface area contributed by atoms with E-state index >= 15 is 0 Å². The minimum Gasteiger partial charge on any atom is -0.494 e. The molecule has 1 N–H and O–H groups in total. The molecule has 1 heterocycles. The van der Waals surface area contributed by atoms with Gasteiger partial charge in [0.1, 0.15) is 5.75 Å². The number of ether oxygens (including phenoxy) is 1. The predicted molar refractivity (Wildman–Crippen MR) is 87.0 cm³/mol. The van der Waals surface area contributed by atoms with Crippen molar-refractivity contribution in [2.24, 2.45) is 0 Å². The molecule has 0 fully saturated rings. The average Bonchev–Trinajstić information content (AvgIpc) is 2.81. The molecular formula is C16H20N2O2S. The van der Waals surface area contributed by atoms with Crippen LogP contribution in [0.15, 0.2) is 24.3 Å². The number of aryl methyl sites for hydroxylation is 1. The number of benzene rings is 1. The molecule has 1 amide bonds. The molecule has 0 spiro atoms. The zero-order chi connectivity index (χ0) is 15.2. The van der Waals surface area contributed by atoms with E-state index in [4.69, 9.17) is 4.74 Å². The molecule has 21 heavy (non-hydrogen) atoms. The van der Waals surface area contributed by atoms with Crippen LogP contribution in [0.3, 0.4) is 0 Å². The molecule has 4 nitrogen and oxygen atoms in total. The van der Waals surface area contributed by atoms with E-state index in [2.05, 4.69) is 10.3 Å². The molecule has 1 aromatic carbocycles. The van der Waals surface area contributed by atoms with Gasteiger partial charge >= 0.3 is 0 Å². The number of thiazole rings is 1. The lowest BCUT2D eigenvalue weighted by molar-refractivity contribution is -0.116. The first kappa shape index (κ1) is 15.5. The molecule has 0 saturated carbocycles. The third kappa shape index (κ3) is 4.04. The van der Waals surface area contributed by atoms with Crippen molar-refractivity contribution in [3.05, 3.63) is 29.1 Å². The fourth-order valence-electron chi connectivity index (χ4n) is 2.00. The van der Waals surface area contributed by atoms with Gasteiger partial charge in [0.15, 0.2) is 5.13 Å². The Morgan fingerprint density at radius 1 is 1.29 bits per heavy atom. The van der Waals surface area contributed by atoms with Crippen LogP contribution in [0.4, 0.5) is 5.13 Å². The molecule has 2 rings (SSSR count).